The summed E-state index contributed by atoms with van der Waals surface area (Å²) in [6, 6.07) is 7.88. The number of likely N-dealkylation sites (tertiary alicyclic amines) is 1. The van der Waals surface area contributed by atoms with Crippen LogP contribution >= 0.6 is 11.8 Å². The maximum absolute atomic E-state index is 11.6. The fourth-order valence-electron chi connectivity index (χ4n) is 2.66. The number of tetrazole rings is 1. The van der Waals surface area contributed by atoms with Crippen molar-refractivity contribution in [3.8, 4) is 5.75 Å². The summed E-state index contributed by atoms with van der Waals surface area (Å²) in [7, 11) is 1.65. The molecular weight excluding hydrogens is 326 g/mol. The maximum atomic E-state index is 11.6. The van der Waals surface area contributed by atoms with E-state index in [1.807, 2.05) is 29.2 Å². The highest BCUT2D eigenvalue weighted by atomic mass is 32.2. The number of carbonyl (C=O) groups excluding carboxylic acids is 1. The second-order valence-electron chi connectivity index (χ2n) is 5.65. The van der Waals surface area contributed by atoms with Gasteiger partial charge in [0, 0.05) is 25.3 Å². The molecule has 128 valence electrons. The number of amides is 1. The van der Waals surface area contributed by atoms with Crippen molar-refractivity contribution in [1.29, 1.82) is 0 Å². The van der Waals surface area contributed by atoms with Crippen molar-refractivity contribution in [2.45, 2.75) is 31.0 Å². The van der Waals surface area contributed by atoms with Gasteiger partial charge in [-0.25, -0.2) is 4.68 Å². The van der Waals surface area contributed by atoms with E-state index in [4.69, 9.17) is 4.74 Å². The monoisotopic (exact) mass is 347 g/mol. The van der Waals surface area contributed by atoms with E-state index in [2.05, 4.69) is 15.5 Å². The van der Waals surface area contributed by atoms with Crippen molar-refractivity contribution >= 4 is 17.7 Å². The molecule has 3 rings (SSSR count). The second-order valence-corrected chi connectivity index (χ2v) is 6.72. The molecule has 1 amide bonds. The van der Waals surface area contributed by atoms with Crippen LogP contribution in [0.1, 0.15) is 24.8 Å². The number of aromatic nitrogens is 4. The van der Waals surface area contributed by atoms with Crippen LogP contribution in [-0.2, 0) is 11.3 Å². The fourth-order valence-corrected chi connectivity index (χ4v) is 3.46. The number of methoxy groups -OCH3 is 1. The molecule has 0 spiro atoms. The van der Waals surface area contributed by atoms with E-state index in [9.17, 15) is 4.79 Å². The lowest BCUT2D eigenvalue weighted by atomic mass is 10.2. The predicted molar refractivity (Wildman–Crippen MR) is 91.1 cm³/mol. The SMILES string of the molecule is COc1ccc(Cn2nnnc2SCCCN2CCCC2=O)cc1. The Kier molecular flexibility index (Phi) is 5.68. The normalized spacial score (nSPS) is 14.4. The molecule has 2 aromatic rings. The van der Waals surface area contributed by atoms with Crippen molar-refractivity contribution in [3.05, 3.63) is 29.8 Å². The van der Waals surface area contributed by atoms with Gasteiger partial charge in [-0.15, -0.1) is 5.10 Å². The van der Waals surface area contributed by atoms with Crippen LogP contribution in [0, 0.1) is 0 Å². The molecular formula is C16H21N5O2S. The molecule has 0 N–H and O–H groups in total. The molecule has 0 atom stereocenters. The minimum atomic E-state index is 0.282. The van der Waals surface area contributed by atoms with Crippen LogP contribution < -0.4 is 4.74 Å². The van der Waals surface area contributed by atoms with E-state index < -0.39 is 0 Å². The Bertz CT molecular complexity index is 673. The Balaban J connectivity index is 1.48. The maximum Gasteiger partial charge on any atom is 0.222 e. The number of rotatable bonds is 8. The van der Waals surface area contributed by atoms with Gasteiger partial charge in [0.25, 0.3) is 0 Å². The quantitative estimate of drug-likeness (QED) is 0.536. The molecule has 0 unspecified atom stereocenters. The molecule has 1 saturated heterocycles. The van der Waals surface area contributed by atoms with Crippen LogP contribution in [0.5, 0.6) is 5.75 Å². The van der Waals surface area contributed by atoms with Crippen LogP contribution in [0.3, 0.4) is 0 Å². The largest absolute Gasteiger partial charge is 0.497 e. The molecule has 0 bridgehead atoms. The first kappa shape index (κ1) is 16.8. The van der Waals surface area contributed by atoms with Gasteiger partial charge in [-0.05, 0) is 41.0 Å². The zero-order chi connectivity index (χ0) is 16.8. The van der Waals surface area contributed by atoms with E-state index in [1.165, 1.54) is 0 Å². The van der Waals surface area contributed by atoms with Gasteiger partial charge in [0.1, 0.15) is 5.75 Å². The van der Waals surface area contributed by atoms with Crippen LogP contribution in [0.2, 0.25) is 0 Å². The lowest BCUT2D eigenvalue weighted by Crippen LogP contribution is -2.25. The van der Waals surface area contributed by atoms with E-state index in [1.54, 1.807) is 23.6 Å². The topological polar surface area (TPSA) is 73.1 Å². The van der Waals surface area contributed by atoms with Gasteiger partial charge in [-0.2, -0.15) is 0 Å². The Morgan fingerprint density at radius 1 is 1.29 bits per heavy atom. The first-order chi connectivity index (χ1) is 11.8. The average molecular weight is 347 g/mol. The van der Waals surface area contributed by atoms with Crippen molar-refractivity contribution in [1.82, 2.24) is 25.1 Å². The van der Waals surface area contributed by atoms with Gasteiger partial charge in [0.2, 0.25) is 11.1 Å². The van der Waals surface area contributed by atoms with Crippen LogP contribution in [0.25, 0.3) is 0 Å². The third-order valence-corrected chi connectivity index (χ3v) is 5.01. The number of ether oxygens (including phenoxy) is 1. The first-order valence-electron chi connectivity index (χ1n) is 8.06. The van der Waals surface area contributed by atoms with Gasteiger partial charge in [-0.1, -0.05) is 23.9 Å². The summed E-state index contributed by atoms with van der Waals surface area (Å²) < 4.78 is 6.96. The number of carbonyl (C=O) groups is 1. The minimum absolute atomic E-state index is 0.282. The van der Waals surface area contributed by atoms with Gasteiger partial charge >= 0.3 is 0 Å². The Hall–Kier alpha value is -2.09. The van der Waals surface area contributed by atoms with Crippen molar-refractivity contribution in [2.24, 2.45) is 0 Å². The van der Waals surface area contributed by atoms with E-state index in [0.717, 1.165) is 48.2 Å². The smallest absolute Gasteiger partial charge is 0.222 e. The highest BCUT2D eigenvalue weighted by Crippen LogP contribution is 2.18. The van der Waals surface area contributed by atoms with Gasteiger partial charge in [-0.3, -0.25) is 4.79 Å². The second kappa shape index (κ2) is 8.14. The zero-order valence-electron chi connectivity index (χ0n) is 13.7. The minimum Gasteiger partial charge on any atom is -0.497 e. The summed E-state index contributed by atoms with van der Waals surface area (Å²) in [6.45, 7) is 2.36. The number of hydrogen-bond acceptors (Lipinski definition) is 6. The van der Waals surface area contributed by atoms with Crippen molar-refractivity contribution in [2.75, 3.05) is 26.0 Å². The molecule has 8 heteroatoms. The van der Waals surface area contributed by atoms with Crippen LogP contribution in [-0.4, -0.2) is 57.0 Å². The predicted octanol–water partition coefficient (Wildman–Crippen LogP) is 1.83. The van der Waals surface area contributed by atoms with E-state index in [0.29, 0.717) is 13.0 Å². The van der Waals surface area contributed by atoms with Gasteiger partial charge in [0.05, 0.1) is 13.7 Å². The van der Waals surface area contributed by atoms with Gasteiger partial charge < -0.3 is 9.64 Å². The molecule has 1 aromatic heterocycles. The number of hydrogen-bond donors (Lipinski definition) is 0. The van der Waals surface area contributed by atoms with E-state index in [-0.39, 0.29) is 5.91 Å². The average Bonchev–Trinajstić information content (AvgIpc) is 3.21. The Morgan fingerprint density at radius 3 is 2.83 bits per heavy atom. The summed E-state index contributed by atoms with van der Waals surface area (Å²) in [5.41, 5.74) is 1.12. The number of nitrogens with zero attached hydrogens (tertiary/aromatic N) is 5. The van der Waals surface area contributed by atoms with Crippen LogP contribution in [0.4, 0.5) is 0 Å². The third kappa shape index (κ3) is 4.25. The fraction of sp³-hybridized carbons (Fsp3) is 0.500. The highest BCUT2D eigenvalue weighted by Gasteiger charge is 2.19. The Morgan fingerprint density at radius 2 is 2.12 bits per heavy atom. The van der Waals surface area contributed by atoms with Gasteiger partial charge in [0.15, 0.2) is 0 Å². The molecule has 0 aliphatic carbocycles. The molecule has 0 radical (unpaired) electrons. The number of thioether (sulfide) groups is 1. The van der Waals surface area contributed by atoms with Crippen LogP contribution in [0.15, 0.2) is 29.4 Å². The molecule has 1 fully saturated rings. The summed E-state index contributed by atoms with van der Waals surface area (Å²) >= 11 is 1.63. The molecule has 0 saturated carbocycles. The van der Waals surface area contributed by atoms with Crippen molar-refractivity contribution in [3.63, 3.8) is 0 Å². The summed E-state index contributed by atoms with van der Waals surface area (Å²) in [5.74, 6) is 2.01. The summed E-state index contributed by atoms with van der Waals surface area (Å²) in [6.07, 6.45) is 2.64. The standard InChI is InChI=1S/C16H21N5O2S/c1-23-14-7-5-13(6-8-14)12-21-16(17-18-19-21)24-11-3-10-20-9-2-4-15(20)22/h5-8H,2-4,9-12H2,1H3. The lowest BCUT2D eigenvalue weighted by Gasteiger charge is -2.14. The molecule has 1 aliphatic rings. The lowest BCUT2D eigenvalue weighted by molar-refractivity contribution is -0.127. The first-order valence-corrected chi connectivity index (χ1v) is 9.04. The molecule has 1 aliphatic heterocycles. The molecule has 7 nitrogen and oxygen atoms in total. The molecule has 2 heterocycles. The third-order valence-electron chi connectivity index (χ3n) is 3.97. The van der Waals surface area contributed by atoms with E-state index >= 15 is 0 Å². The zero-order valence-corrected chi connectivity index (χ0v) is 14.5. The number of benzene rings is 1. The molecule has 1 aromatic carbocycles. The van der Waals surface area contributed by atoms with Crippen molar-refractivity contribution < 1.29 is 9.53 Å². The summed E-state index contributed by atoms with van der Waals surface area (Å²) in [4.78, 5) is 13.5. The highest BCUT2D eigenvalue weighted by molar-refractivity contribution is 7.99. The molecule has 24 heavy (non-hydrogen) atoms. The Labute approximate surface area is 145 Å². The summed E-state index contributed by atoms with van der Waals surface area (Å²) in [5, 5.41) is 12.7.